The number of rotatable bonds is 2. The molecule has 0 atom stereocenters. The van der Waals surface area contributed by atoms with Crippen LogP contribution in [-0.2, 0) is 0 Å². The van der Waals surface area contributed by atoms with Gasteiger partial charge in [-0.1, -0.05) is 6.07 Å². The maximum atomic E-state index is 12.3. The third-order valence-electron chi connectivity index (χ3n) is 1.76. The van der Waals surface area contributed by atoms with Crippen LogP contribution in [0.2, 0.25) is 0 Å². The van der Waals surface area contributed by atoms with Crippen molar-refractivity contribution in [3.05, 3.63) is 34.9 Å². The molecule has 0 radical (unpaired) electrons. The summed E-state index contributed by atoms with van der Waals surface area (Å²) in [6, 6.07) is 3.69. The number of hydrogen-bond donors (Lipinski definition) is 1. The Labute approximate surface area is 73.8 Å². The number of halogens is 2. The summed E-state index contributed by atoms with van der Waals surface area (Å²) in [5.41, 5.74) is 0.0702. The van der Waals surface area contributed by atoms with Crippen LogP contribution in [0.4, 0.5) is 8.78 Å². The fourth-order valence-corrected chi connectivity index (χ4v) is 1.01. The maximum Gasteiger partial charge on any atom is 0.335 e. The van der Waals surface area contributed by atoms with Gasteiger partial charge in [0.05, 0.1) is 5.56 Å². The van der Waals surface area contributed by atoms with Gasteiger partial charge in [-0.25, -0.2) is 13.6 Å². The van der Waals surface area contributed by atoms with Gasteiger partial charge in [0, 0.05) is 5.56 Å². The van der Waals surface area contributed by atoms with E-state index in [-0.39, 0.29) is 11.1 Å². The van der Waals surface area contributed by atoms with Gasteiger partial charge in [0.2, 0.25) is 0 Å². The van der Waals surface area contributed by atoms with E-state index >= 15 is 0 Å². The highest BCUT2D eigenvalue weighted by Crippen LogP contribution is 2.23. The lowest BCUT2D eigenvalue weighted by molar-refractivity contribution is 0.0696. The molecular formula is C9H8F2O2. The zero-order valence-electron chi connectivity index (χ0n) is 6.92. The molecule has 0 bridgehead atoms. The maximum absolute atomic E-state index is 12.3. The summed E-state index contributed by atoms with van der Waals surface area (Å²) in [6.45, 7) is 1.52. The van der Waals surface area contributed by atoms with E-state index in [1.54, 1.807) is 0 Å². The number of alkyl halides is 2. The van der Waals surface area contributed by atoms with Crippen LogP contribution >= 0.6 is 0 Å². The highest BCUT2D eigenvalue weighted by molar-refractivity contribution is 5.87. The van der Waals surface area contributed by atoms with E-state index in [1.807, 2.05) is 0 Å². The lowest BCUT2D eigenvalue weighted by Crippen LogP contribution is -1.99. The molecule has 0 unspecified atom stereocenters. The zero-order chi connectivity index (χ0) is 10.0. The van der Waals surface area contributed by atoms with Gasteiger partial charge in [-0.05, 0) is 24.6 Å². The first-order chi connectivity index (χ1) is 6.02. The molecule has 0 amide bonds. The predicted octanol–water partition coefficient (Wildman–Crippen LogP) is 2.63. The highest BCUT2D eigenvalue weighted by Gasteiger charge is 2.13. The first-order valence-electron chi connectivity index (χ1n) is 3.64. The van der Waals surface area contributed by atoms with Crippen LogP contribution in [0.3, 0.4) is 0 Å². The normalized spacial score (nSPS) is 10.5. The van der Waals surface area contributed by atoms with E-state index in [0.29, 0.717) is 5.56 Å². The Morgan fingerprint density at radius 3 is 2.54 bits per heavy atom. The monoisotopic (exact) mass is 186 g/mol. The van der Waals surface area contributed by atoms with E-state index < -0.39 is 12.4 Å². The number of carbonyl (C=O) groups is 1. The molecule has 0 fully saturated rings. The van der Waals surface area contributed by atoms with E-state index in [4.69, 9.17) is 5.11 Å². The van der Waals surface area contributed by atoms with Crippen LogP contribution in [0.25, 0.3) is 0 Å². The molecule has 0 aliphatic carbocycles. The molecule has 0 aliphatic rings. The molecule has 0 aliphatic heterocycles. The quantitative estimate of drug-likeness (QED) is 0.770. The summed E-state index contributed by atoms with van der Waals surface area (Å²) in [6.07, 6.45) is -2.63. The van der Waals surface area contributed by atoms with Crippen molar-refractivity contribution in [1.29, 1.82) is 0 Å². The van der Waals surface area contributed by atoms with Crippen molar-refractivity contribution in [2.24, 2.45) is 0 Å². The largest absolute Gasteiger partial charge is 0.478 e. The van der Waals surface area contributed by atoms with Crippen LogP contribution in [0.1, 0.15) is 27.9 Å². The average Bonchev–Trinajstić information content (AvgIpc) is 2.04. The van der Waals surface area contributed by atoms with Crippen molar-refractivity contribution in [1.82, 2.24) is 0 Å². The predicted molar refractivity (Wildman–Crippen MR) is 43.1 cm³/mol. The minimum Gasteiger partial charge on any atom is -0.478 e. The van der Waals surface area contributed by atoms with E-state index in [9.17, 15) is 13.6 Å². The van der Waals surface area contributed by atoms with E-state index in [0.717, 1.165) is 6.07 Å². The molecule has 13 heavy (non-hydrogen) atoms. The van der Waals surface area contributed by atoms with Gasteiger partial charge >= 0.3 is 5.97 Å². The molecule has 70 valence electrons. The Morgan fingerprint density at radius 2 is 2.08 bits per heavy atom. The van der Waals surface area contributed by atoms with Crippen molar-refractivity contribution >= 4 is 5.97 Å². The van der Waals surface area contributed by atoms with Gasteiger partial charge in [-0.3, -0.25) is 0 Å². The summed E-state index contributed by atoms with van der Waals surface area (Å²) in [4.78, 5) is 10.4. The zero-order valence-corrected chi connectivity index (χ0v) is 6.92. The Morgan fingerprint density at radius 1 is 1.46 bits per heavy atom. The average molecular weight is 186 g/mol. The molecule has 0 heterocycles. The van der Waals surface area contributed by atoms with Gasteiger partial charge in [-0.2, -0.15) is 0 Å². The first-order valence-corrected chi connectivity index (χ1v) is 3.64. The Kier molecular flexibility index (Phi) is 2.60. The molecule has 1 aromatic rings. The number of aryl methyl sites for hydroxylation is 1. The summed E-state index contributed by atoms with van der Waals surface area (Å²) >= 11 is 0. The van der Waals surface area contributed by atoms with Crippen molar-refractivity contribution in [2.45, 2.75) is 13.3 Å². The molecule has 0 saturated carbocycles. The van der Waals surface area contributed by atoms with Gasteiger partial charge in [-0.15, -0.1) is 0 Å². The standard InChI is InChI=1S/C9H8F2O2/c1-5-2-3-6(9(12)13)4-7(5)8(10)11/h2-4,8H,1H3,(H,12,13). The molecule has 0 spiro atoms. The Bertz CT molecular complexity index is 334. The third kappa shape index (κ3) is 2.02. The molecular weight excluding hydrogens is 178 g/mol. The van der Waals surface area contributed by atoms with E-state index in [1.165, 1.54) is 19.1 Å². The summed E-state index contributed by atoms with van der Waals surface area (Å²) in [5, 5.41) is 8.54. The molecule has 0 saturated heterocycles. The van der Waals surface area contributed by atoms with Crippen LogP contribution in [0, 0.1) is 6.92 Å². The Hall–Kier alpha value is -1.45. The van der Waals surface area contributed by atoms with Gasteiger partial charge in [0.25, 0.3) is 6.43 Å². The lowest BCUT2D eigenvalue weighted by Gasteiger charge is -2.04. The third-order valence-corrected chi connectivity index (χ3v) is 1.76. The smallest absolute Gasteiger partial charge is 0.335 e. The number of aromatic carboxylic acids is 1. The Balaban J connectivity index is 3.19. The topological polar surface area (TPSA) is 37.3 Å². The van der Waals surface area contributed by atoms with Crippen LogP contribution in [0.5, 0.6) is 0 Å². The molecule has 4 heteroatoms. The van der Waals surface area contributed by atoms with Gasteiger partial charge < -0.3 is 5.11 Å². The number of benzene rings is 1. The van der Waals surface area contributed by atoms with Gasteiger partial charge in [0.1, 0.15) is 0 Å². The summed E-state index contributed by atoms with van der Waals surface area (Å²) in [7, 11) is 0. The second-order valence-corrected chi connectivity index (χ2v) is 2.68. The fraction of sp³-hybridized carbons (Fsp3) is 0.222. The molecule has 2 nitrogen and oxygen atoms in total. The highest BCUT2D eigenvalue weighted by atomic mass is 19.3. The molecule has 0 aromatic heterocycles. The van der Waals surface area contributed by atoms with Crippen molar-refractivity contribution in [3.63, 3.8) is 0 Å². The number of carboxylic acids is 1. The summed E-state index contributed by atoms with van der Waals surface area (Å²) < 4.78 is 24.6. The second kappa shape index (κ2) is 3.51. The molecule has 1 rings (SSSR count). The minimum atomic E-state index is -2.63. The SMILES string of the molecule is Cc1ccc(C(=O)O)cc1C(F)F. The second-order valence-electron chi connectivity index (χ2n) is 2.68. The van der Waals surface area contributed by atoms with Gasteiger partial charge in [0.15, 0.2) is 0 Å². The molecule has 1 N–H and O–H groups in total. The first kappa shape index (κ1) is 9.64. The van der Waals surface area contributed by atoms with Crippen LogP contribution in [-0.4, -0.2) is 11.1 Å². The number of hydrogen-bond acceptors (Lipinski definition) is 1. The fourth-order valence-electron chi connectivity index (χ4n) is 1.01. The minimum absolute atomic E-state index is 0.110. The van der Waals surface area contributed by atoms with E-state index in [2.05, 4.69) is 0 Å². The van der Waals surface area contributed by atoms with Crippen molar-refractivity contribution < 1.29 is 18.7 Å². The number of carboxylic acid groups (broad SMARTS) is 1. The van der Waals surface area contributed by atoms with Crippen molar-refractivity contribution in [2.75, 3.05) is 0 Å². The van der Waals surface area contributed by atoms with Crippen LogP contribution < -0.4 is 0 Å². The molecule has 1 aromatic carbocycles. The van der Waals surface area contributed by atoms with Crippen molar-refractivity contribution in [3.8, 4) is 0 Å². The summed E-state index contributed by atoms with van der Waals surface area (Å²) in [5.74, 6) is -1.19. The lowest BCUT2D eigenvalue weighted by atomic mass is 10.1. The van der Waals surface area contributed by atoms with Crippen LogP contribution in [0.15, 0.2) is 18.2 Å².